The maximum atomic E-state index is 5.15. The number of aryl methyl sites for hydroxylation is 1. The quantitative estimate of drug-likeness (QED) is 0.631. The van der Waals surface area contributed by atoms with Crippen molar-refractivity contribution in [3.05, 3.63) is 54.0 Å². The van der Waals surface area contributed by atoms with E-state index in [4.69, 9.17) is 4.74 Å². The van der Waals surface area contributed by atoms with Gasteiger partial charge in [0.25, 0.3) is 0 Å². The van der Waals surface area contributed by atoms with Crippen molar-refractivity contribution in [1.82, 2.24) is 0 Å². The molecule has 0 aromatic heterocycles. The minimum absolute atomic E-state index is 0.963. The zero-order valence-electron chi connectivity index (χ0n) is 7.66. The maximum Gasteiger partial charge on any atom is 0.0942 e. The van der Waals surface area contributed by atoms with Gasteiger partial charge >= 0.3 is 0 Å². The second-order valence-corrected chi connectivity index (χ2v) is 3.17. The van der Waals surface area contributed by atoms with Gasteiger partial charge in [0.05, 0.1) is 12.5 Å². The van der Waals surface area contributed by atoms with Gasteiger partial charge in [-0.15, -0.1) is 0 Å². The summed E-state index contributed by atoms with van der Waals surface area (Å²) in [5.41, 5.74) is 3.83. The largest absolute Gasteiger partial charge is 0.473 e. The third kappa shape index (κ3) is 1.64. The molecule has 1 heteroatoms. The second kappa shape index (κ2) is 3.48. The molecule has 0 amide bonds. The van der Waals surface area contributed by atoms with Gasteiger partial charge in [-0.25, -0.2) is 0 Å². The zero-order chi connectivity index (χ0) is 9.10. The average Bonchev–Trinajstić information content (AvgIpc) is 2.20. The van der Waals surface area contributed by atoms with Crippen LogP contribution in [0.3, 0.4) is 0 Å². The Kier molecular flexibility index (Phi) is 2.17. The minimum atomic E-state index is 0.963. The Labute approximate surface area is 78.3 Å². The van der Waals surface area contributed by atoms with Crippen molar-refractivity contribution in [2.45, 2.75) is 13.3 Å². The predicted molar refractivity (Wildman–Crippen MR) is 54.0 cm³/mol. The molecular weight excluding hydrogens is 160 g/mol. The normalized spacial score (nSPS) is 15.0. The van der Waals surface area contributed by atoms with E-state index >= 15 is 0 Å². The topological polar surface area (TPSA) is 9.23 Å². The molecule has 0 bridgehead atoms. The Morgan fingerprint density at radius 2 is 2.08 bits per heavy atom. The zero-order valence-corrected chi connectivity index (χ0v) is 7.66. The van der Waals surface area contributed by atoms with Crippen molar-refractivity contribution in [3.63, 3.8) is 0 Å². The van der Waals surface area contributed by atoms with Crippen LogP contribution in [0.4, 0.5) is 0 Å². The molecule has 13 heavy (non-hydrogen) atoms. The highest BCUT2D eigenvalue weighted by atomic mass is 16.5. The lowest BCUT2D eigenvalue weighted by molar-refractivity contribution is 0.397. The Morgan fingerprint density at radius 1 is 1.23 bits per heavy atom. The molecule has 66 valence electrons. The van der Waals surface area contributed by atoms with E-state index in [0.717, 1.165) is 6.42 Å². The van der Waals surface area contributed by atoms with Crippen molar-refractivity contribution in [1.29, 1.82) is 0 Å². The Bertz CT molecular complexity index is 361. The summed E-state index contributed by atoms with van der Waals surface area (Å²) in [5.74, 6) is 0. The molecule has 1 nitrogen and oxygen atoms in total. The van der Waals surface area contributed by atoms with Crippen LogP contribution in [0, 0.1) is 6.92 Å². The summed E-state index contributed by atoms with van der Waals surface area (Å²) in [4.78, 5) is 0. The van der Waals surface area contributed by atoms with E-state index in [1.807, 2.05) is 12.3 Å². The smallest absolute Gasteiger partial charge is 0.0942 e. The molecule has 1 aromatic rings. The number of rotatable bonds is 1. The summed E-state index contributed by atoms with van der Waals surface area (Å²) in [5, 5.41) is 0. The highest BCUT2D eigenvalue weighted by Crippen LogP contribution is 2.24. The molecular formula is C12H12O. The van der Waals surface area contributed by atoms with Gasteiger partial charge in [0, 0.05) is 0 Å². The van der Waals surface area contributed by atoms with Gasteiger partial charge in [-0.1, -0.05) is 24.3 Å². The molecule has 0 atom stereocenters. The van der Waals surface area contributed by atoms with E-state index in [9.17, 15) is 0 Å². The molecule has 0 unspecified atom stereocenters. The molecule has 0 saturated carbocycles. The molecule has 1 aliphatic heterocycles. The van der Waals surface area contributed by atoms with Gasteiger partial charge in [-0.2, -0.15) is 0 Å². The van der Waals surface area contributed by atoms with E-state index < -0.39 is 0 Å². The molecule has 0 radical (unpaired) electrons. The van der Waals surface area contributed by atoms with Crippen LogP contribution in [0.15, 0.2) is 42.9 Å². The average molecular weight is 172 g/mol. The summed E-state index contributed by atoms with van der Waals surface area (Å²) in [6.07, 6.45) is 6.54. The van der Waals surface area contributed by atoms with Crippen LogP contribution in [0.25, 0.3) is 5.57 Å². The molecule has 0 fully saturated rings. The van der Waals surface area contributed by atoms with Crippen molar-refractivity contribution < 1.29 is 4.74 Å². The van der Waals surface area contributed by atoms with Crippen molar-refractivity contribution >= 4 is 5.57 Å². The lowest BCUT2D eigenvalue weighted by Crippen LogP contribution is -1.91. The molecule has 0 aliphatic carbocycles. The lowest BCUT2D eigenvalue weighted by atomic mass is 9.99. The van der Waals surface area contributed by atoms with Gasteiger partial charge in [-0.05, 0) is 36.1 Å². The number of hydrogen-bond donors (Lipinski definition) is 0. The van der Waals surface area contributed by atoms with Crippen LogP contribution >= 0.6 is 0 Å². The van der Waals surface area contributed by atoms with Gasteiger partial charge in [-0.3, -0.25) is 0 Å². The molecule has 1 aromatic carbocycles. The number of ether oxygens (including phenoxy) is 1. The summed E-state index contributed by atoms with van der Waals surface area (Å²) in [6.45, 7) is 2.12. The van der Waals surface area contributed by atoms with Gasteiger partial charge in [0.1, 0.15) is 0 Å². The fraction of sp³-hybridized carbons (Fsp3) is 0.167. The Morgan fingerprint density at radius 3 is 2.77 bits per heavy atom. The highest BCUT2D eigenvalue weighted by molar-refractivity contribution is 5.68. The van der Waals surface area contributed by atoms with Crippen LogP contribution in [0.1, 0.15) is 17.5 Å². The summed E-state index contributed by atoms with van der Waals surface area (Å²) < 4.78 is 5.15. The van der Waals surface area contributed by atoms with Gasteiger partial charge < -0.3 is 4.74 Å². The standard InChI is InChI=1S/C12H12O/c1-10-5-2-3-7-12(10)11-6-4-8-13-9-11/h2-5,7-9H,6H2,1H3. The fourth-order valence-corrected chi connectivity index (χ4v) is 1.51. The first-order valence-corrected chi connectivity index (χ1v) is 4.43. The monoisotopic (exact) mass is 172 g/mol. The second-order valence-electron chi connectivity index (χ2n) is 3.17. The minimum Gasteiger partial charge on any atom is -0.473 e. The van der Waals surface area contributed by atoms with Crippen molar-refractivity contribution in [2.75, 3.05) is 0 Å². The third-order valence-electron chi connectivity index (χ3n) is 2.21. The summed E-state index contributed by atoms with van der Waals surface area (Å²) in [7, 11) is 0. The maximum absolute atomic E-state index is 5.15. The number of allylic oxidation sites excluding steroid dienone is 2. The lowest BCUT2D eigenvalue weighted by Gasteiger charge is -2.10. The Balaban J connectivity index is 2.35. The van der Waals surface area contributed by atoms with Crippen LogP contribution in [-0.2, 0) is 4.74 Å². The Hall–Kier alpha value is -1.50. The number of benzene rings is 1. The third-order valence-corrected chi connectivity index (χ3v) is 2.21. The van der Waals surface area contributed by atoms with Crippen molar-refractivity contribution in [3.8, 4) is 0 Å². The van der Waals surface area contributed by atoms with E-state index in [1.54, 1.807) is 6.26 Å². The van der Waals surface area contributed by atoms with E-state index in [1.165, 1.54) is 16.7 Å². The summed E-state index contributed by atoms with van der Waals surface area (Å²) in [6, 6.07) is 8.36. The highest BCUT2D eigenvalue weighted by Gasteiger charge is 2.05. The van der Waals surface area contributed by atoms with Crippen LogP contribution in [0.5, 0.6) is 0 Å². The van der Waals surface area contributed by atoms with Crippen LogP contribution in [0.2, 0.25) is 0 Å². The number of hydrogen-bond acceptors (Lipinski definition) is 1. The van der Waals surface area contributed by atoms with Gasteiger partial charge in [0.2, 0.25) is 0 Å². The molecule has 0 N–H and O–H groups in total. The summed E-state index contributed by atoms with van der Waals surface area (Å²) >= 11 is 0. The molecule has 0 saturated heterocycles. The molecule has 1 aliphatic rings. The predicted octanol–water partition coefficient (Wildman–Crippen LogP) is 3.27. The van der Waals surface area contributed by atoms with Crippen LogP contribution in [-0.4, -0.2) is 0 Å². The first-order valence-electron chi connectivity index (χ1n) is 4.43. The first kappa shape index (κ1) is 8.11. The van der Waals surface area contributed by atoms with E-state index in [0.29, 0.717) is 0 Å². The van der Waals surface area contributed by atoms with Gasteiger partial charge in [0.15, 0.2) is 0 Å². The van der Waals surface area contributed by atoms with Crippen LogP contribution < -0.4 is 0 Å². The SMILES string of the molecule is Cc1ccccc1C1=COC=CC1. The van der Waals surface area contributed by atoms with E-state index in [-0.39, 0.29) is 0 Å². The van der Waals surface area contributed by atoms with E-state index in [2.05, 4.69) is 31.2 Å². The first-order chi connectivity index (χ1) is 6.38. The fourth-order valence-electron chi connectivity index (χ4n) is 1.51. The van der Waals surface area contributed by atoms with Crippen molar-refractivity contribution in [2.24, 2.45) is 0 Å². The molecule has 0 spiro atoms. The molecule has 2 rings (SSSR count). The molecule has 1 heterocycles.